The summed E-state index contributed by atoms with van der Waals surface area (Å²) in [5.41, 5.74) is 1.36. The molecule has 1 amide bonds. The van der Waals surface area contributed by atoms with E-state index in [1.54, 1.807) is 24.3 Å². The van der Waals surface area contributed by atoms with Gasteiger partial charge in [-0.2, -0.15) is 4.31 Å². The number of morpholine rings is 1. The summed E-state index contributed by atoms with van der Waals surface area (Å²) in [4.78, 5) is 12.6. The Bertz CT molecular complexity index is 1510. The molecule has 13 heteroatoms. The topological polar surface area (TPSA) is 122 Å². The molecule has 0 atom stereocenters. The van der Waals surface area contributed by atoms with Gasteiger partial charge in [-0.3, -0.25) is 9.52 Å². The number of hydrogen-bond donors (Lipinski definition) is 2. The lowest BCUT2D eigenvalue weighted by Crippen LogP contribution is -2.40. The number of nitrogens with one attached hydrogen (secondary N) is 2. The Morgan fingerprint density at radius 3 is 2.16 bits per heavy atom. The van der Waals surface area contributed by atoms with Crippen LogP contribution in [-0.4, -0.2) is 53.4 Å². The Balaban J connectivity index is 1.37. The van der Waals surface area contributed by atoms with E-state index in [1.165, 1.54) is 46.8 Å². The van der Waals surface area contributed by atoms with Crippen molar-refractivity contribution in [1.29, 1.82) is 0 Å². The van der Waals surface area contributed by atoms with Gasteiger partial charge in [0.2, 0.25) is 15.9 Å². The fraction of sp³-hybridized carbons (Fsp3) is 0.240. The Morgan fingerprint density at radius 1 is 0.868 bits per heavy atom. The van der Waals surface area contributed by atoms with Crippen LogP contribution in [-0.2, 0) is 36.0 Å². The summed E-state index contributed by atoms with van der Waals surface area (Å²) in [6, 6.07) is 16.7. The summed E-state index contributed by atoms with van der Waals surface area (Å²) in [6.45, 7) is 1.36. The van der Waals surface area contributed by atoms with Gasteiger partial charge in [0.05, 0.1) is 23.1 Å². The third-order valence-electron chi connectivity index (χ3n) is 5.77. The largest absolute Gasteiger partial charge is 0.379 e. The van der Waals surface area contributed by atoms with Gasteiger partial charge in [-0.05, 0) is 66.6 Å². The number of carbonyl (C=O) groups excluding carboxylic acids is 1. The van der Waals surface area contributed by atoms with Crippen LogP contribution in [0.4, 0.5) is 11.4 Å². The first-order chi connectivity index (χ1) is 18.0. The van der Waals surface area contributed by atoms with E-state index < -0.39 is 20.0 Å². The maximum Gasteiger partial charge on any atom is 0.263 e. The van der Waals surface area contributed by atoms with Crippen molar-refractivity contribution in [1.82, 2.24) is 4.31 Å². The second-order valence-corrected chi connectivity index (χ2v) is 12.9. The van der Waals surface area contributed by atoms with E-state index in [0.29, 0.717) is 43.4 Å². The smallest absolute Gasteiger partial charge is 0.263 e. The van der Waals surface area contributed by atoms with Crippen molar-refractivity contribution >= 4 is 60.5 Å². The zero-order valence-electron chi connectivity index (χ0n) is 20.1. The molecule has 0 aromatic heterocycles. The number of aryl methyl sites for hydroxylation is 1. The average Bonchev–Trinajstić information content (AvgIpc) is 2.90. The number of ether oxygens (including phenoxy) is 1. The standard InChI is InChI=1S/C25H25Cl2N3O6S2/c26-19-4-6-20(7-5-19)29-37(32,33)24-17-21(8-11-23(24)27)28-25(31)12-3-18-1-9-22(10-2-18)38(34,35)30-13-15-36-16-14-30/h1-2,4-11,17,29H,3,12-16H2,(H,28,31). The number of sulfonamides is 2. The molecular weight excluding hydrogens is 573 g/mol. The van der Waals surface area contributed by atoms with Gasteiger partial charge in [0.15, 0.2) is 0 Å². The van der Waals surface area contributed by atoms with Crippen LogP contribution in [0.15, 0.2) is 76.5 Å². The van der Waals surface area contributed by atoms with Gasteiger partial charge in [-0.1, -0.05) is 35.3 Å². The lowest BCUT2D eigenvalue weighted by atomic mass is 10.1. The first-order valence-electron chi connectivity index (χ1n) is 11.6. The van der Waals surface area contributed by atoms with Crippen LogP contribution in [0, 0.1) is 0 Å². The Hall–Kier alpha value is -2.67. The molecule has 3 aromatic carbocycles. The predicted molar refractivity (Wildman–Crippen MR) is 147 cm³/mol. The van der Waals surface area contributed by atoms with Crippen LogP contribution >= 0.6 is 23.2 Å². The average molecular weight is 599 g/mol. The van der Waals surface area contributed by atoms with Crippen molar-refractivity contribution in [3.8, 4) is 0 Å². The minimum atomic E-state index is -4.03. The van der Waals surface area contributed by atoms with Crippen molar-refractivity contribution in [2.75, 3.05) is 36.3 Å². The molecule has 0 bridgehead atoms. The zero-order valence-corrected chi connectivity index (χ0v) is 23.2. The third kappa shape index (κ3) is 7.04. The van der Waals surface area contributed by atoms with Crippen molar-refractivity contribution in [2.24, 2.45) is 0 Å². The highest BCUT2D eigenvalue weighted by molar-refractivity contribution is 7.92. The van der Waals surface area contributed by atoms with Gasteiger partial charge >= 0.3 is 0 Å². The van der Waals surface area contributed by atoms with Crippen molar-refractivity contribution < 1.29 is 26.4 Å². The van der Waals surface area contributed by atoms with E-state index in [9.17, 15) is 21.6 Å². The number of hydrogen-bond acceptors (Lipinski definition) is 6. The lowest BCUT2D eigenvalue weighted by molar-refractivity contribution is -0.116. The van der Waals surface area contributed by atoms with Crippen LogP contribution in [0.3, 0.4) is 0 Å². The predicted octanol–water partition coefficient (Wildman–Crippen LogP) is 4.39. The number of amides is 1. The molecule has 1 aliphatic heterocycles. The molecule has 1 fully saturated rings. The molecule has 1 aliphatic rings. The van der Waals surface area contributed by atoms with Gasteiger partial charge < -0.3 is 10.1 Å². The second kappa shape index (κ2) is 12.0. The lowest BCUT2D eigenvalue weighted by Gasteiger charge is -2.26. The summed E-state index contributed by atoms with van der Waals surface area (Å²) >= 11 is 12.0. The van der Waals surface area contributed by atoms with Gasteiger partial charge in [0.1, 0.15) is 4.90 Å². The maximum absolute atomic E-state index is 12.9. The monoisotopic (exact) mass is 597 g/mol. The van der Waals surface area contributed by atoms with Crippen molar-refractivity contribution in [3.63, 3.8) is 0 Å². The number of nitrogens with zero attached hydrogens (tertiary/aromatic N) is 1. The molecule has 4 rings (SSSR count). The van der Waals surface area contributed by atoms with Gasteiger partial charge in [0.25, 0.3) is 10.0 Å². The molecule has 1 saturated heterocycles. The van der Waals surface area contributed by atoms with Gasteiger partial charge in [-0.15, -0.1) is 0 Å². The molecule has 1 heterocycles. The minimum absolute atomic E-state index is 0.00316. The van der Waals surface area contributed by atoms with Crippen molar-refractivity contribution in [3.05, 3.63) is 82.3 Å². The highest BCUT2D eigenvalue weighted by Crippen LogP contribution is 2.27. The molecule has 38 heavy (non-hydrogen) atoms. The zero-order chi connectivity index (χ0) is 27.3. The maximum atomic E-state index is 12.9. The Labute approximate surface area is 231 Å². The quantitative estimate of drug-likeness (QED) is 0.377. The first-order valence-corrected chi connectivity index (χ1v) is 15.3. The van der Waals surface area contributed by atoms with E-state index in [0.717, 1.165) is 5.56 Å². The van der Waals surface area contributed by atoms with Crippen molar-refractivity contribution in [2.45, 2.75) is 22.6 Å². The van der Waals surface area contributed by atoms with Gasteiger partial charge in [0, 0.05) is 35.9 Å². The van der Waals surface area contributed by atoms with E-state index in [4.69, 9.17) is 27.9 Å². The van der Waals surface area contributed by atoms with E-state index in [2.05, 4.69) is 10.0 Å². The molecule has 2 N–H and O–H groups in total. The molecular formula is C25H25Cl2N3O6S2. The number of benzene rings is 3. The number of rotatable bonds is 9. The second-order valence-electron chi connectivity index (χ2n) is 8.47. The third-order valence-corrected chi connectivity index (χ3v) is 9.80. The van der Waals surface area contributed by atoms with E-state index in [1.807, 2.05) is 0 Å². The highest BCUT2D eigenvalue weighted by atomic mass is 35.5. The molecule has 0 radical (unpaired) electrons. The number of carbonyl (C=O) groups is 1. The van der Waals surface area contributed by atoms with Gasteiger partial charge in [-0.25, -0.2) is 16.8 Å². The summed E-state index contributed by atoms with van der Waals surface area (Å²) in [5, 5.41) is 3.14. The van der Waals surface area contributed by atoms with Crippen LogP contribution < -0.4 is 10.0 Å². The van der Waals surface area contributed by atoms with E-state index >= 15 is 0 Å². The molecule has 0 aliphatic carbocycles. The summed E-state index contributed by atoms with van der Waals surface area (Å²) in [5.74, 6) is -0.341. The molecule has 0 saturated carbocycles. The van der Waals surface area contributed by atoms with E-state index in [-0.39, 0.29) is 32.8 Å². The molecule has 202 valence electrons. The molecule has 0 unspecified atom stereocenters. The molecule has 9 nitrogen and oxygen atoms in total. The normalized spacial score (nSPS) is 14.7. The number of anilines is 2. The minimum Gasteiger partial charge on any atom is -0.379 e. The number of halogens is 2. The summed E-state index contributed by atoms with van der Waals surface area (Å²) in [7, 11) is -7.62. The molecule has 0 spiro atoms. The first kappa shape index (κ1) is 28.3. The van der Waals surface area contributed by atoms with Crippen LogP contribution in [0.1, 0.15) is 12.0 Å². The summed E-state index contributed by atoms with van der Waals surface area (Å²) in [6.07, 6.45) is 0.462. The Kier molecular flexibility index (Phi) is 8.96. The van der Waals surface area contributed by atoms with Crippen LogP contribution in [0.25, 0.3) is 0 Å². The fourth-order valence-corrected chi connectivity index (χ4v) is 6.88. The van der Waals surface area contributed by atoms with Crippen LogP contribution in [0.5, 0.6) is 0 Å². The SMILES string of the molecule is O=C(CCc1ccc(S(=O)(=O)N2CCOCC2)cc1)Nc1ccc(Cl)c(S(=O)(=O)Nc2ccc(Cl)cc2)c1. The Morgan fingerprint density at radius 2 is 1.50 bits per heavy atom. The highest BCUT2D eigenvalue weighted by Gasteiger charge is 2.26. The fourth-order valence-electron chi connectivity index (χ4n) is 3.76. The molecule has 3 aromatic rings. The summed E-state index contributed by atoms with van der Waals surface area (Å²) < 4.78 is 60.3. The van der Waals surface area contributed by atoms with Crippen LogP contribution in [0.2, 0.25) is 10.0 Å².